The van der Waals surface area contributed by atoms with E-state index in [0.29, 0.717) is 17.7 Å². The third-order valence-electron chi connectivity index (χ3n) is 4.19. The first-order valence-corrected chi connectivity index (χ1v) is 8.74. The predicted octanol–water partition coefficient (Wildman–Crippen LogP) is 2.41. The number of hydrogen-bond donors (Lipinski definition) is 1. The number of likely N-dealkylation sites (tertiary alicyclic amines) is 1. The average molecular weight is 380 g/mol. The Labute approximate surface area is 151 Å². The minimum Gasteiger partial charge on any atom is -0.464 e. The number of unbranched alkanes of at least 4 members (excludes halogenated alkanes) is 1. The van der Waals surface area contributed by atoms with Crippen LogP contribution in [0.5, 0.6) is 0 Å². The summed E-state index contributed by atoms with van der Waals surface area (Å²) in [6, 6.07) is -2.26. The van der Waals surface area contributed by atoms with Gasteiger partial charge in [-0.25, -0.2) is 4.79 Å². The van der Waals surface area contributed by atoms with Gasteiger partial charge in [0, 0.05) is 6.54 Å². The van der Waals surface area contributed by atoms with Gasteiger partial charge in [-0.15, -0.1) is 0 Å². The van der Waals surface area contributed by atoms with E-state index in [1.807, 2.05) is 6.92 Å². The summed E-state index contributed by atoms with van der Waals surface area (Å²) in [5.41, 5.74) is -0.698. The van der Waals surface area contributed by atoms with E-state index in [0.717, 1.165) is 6.42 Å². The summed E-state index contributed by atoms with van der Waals surface area (Å²) in [5.74, 6) is -3.44. The molecule has 0 aliphatic carbocycles. The van der Waals surface area contributed by atoms with E-state index in [2.05, 4.69) is 5.32 Å². The minimum atomic E-state index is -5.04. The molecule has 9 heteroatoms. The van der Waals surface area contributed by atoms with Crippen molar-refractivity contribution in [2.24, 2.45) is 5.41 Å². The van der Waals surface area contributed by atoms with E-state index in [1.54, 1.807) is 20.8 Å². The Morgan fingerprint density at radius 3 is 2.35 bits per heavy atom. The monoisotopic (exact) mass is 380 g/mol. The standard InChI is InChI=1S/C17H27F3N2O4/c1-5-6-10-26-14(24)12(16(2,3)4)21-13(23)11-8-7-9-22(11)15(25)17(18,19)20/h11-12H,5-10H2,1-4H3,(H,21,23)/t11-,12+/m0/s1. The van der Waals surface area contributed by atoms with Gasteiger partial charge in [0.05, 0.1) is 6.61 Å². The van der Waals surface area contributed by atoms with E-state index in [4.69, 9.17) is 4.74 Å². The lowest BCUT2D eigenvalue weighted by Crippen LogP contribution is -2.56. The van der Waals surface area contributed by atoms with Crippen LogP contribution < -0.4 is 5.32 Å². The summed E-state index contributed by atoms with van der Waals surface area (Å²) < 4.78 is 43.2. The average Bonchev–Trinajstić information content (AvgIpc) is 2.99. The van der Waals surface area contributed by atoms with Crippen LogP contribution in [-0.4, -0.2) is 54.1 Å². The maximum absolute atomic E-state index is 12.7. The van der Waals surface area contributed by atoms with Crippen molar-refractivity contribution in [2.45, 2.75) is 71.6 Å². The van der Waals surface area contributed by atoms with E-state index < -0.39 is 41.5 Å². The van der Waals surface area contributed by atoms with Crippen LogP contribution in [0, 0.1) is 5.41 Å². The first-order valence-electron chi connectivity index (χ1n) is 8.74. The van der Waals surface area contributed by atoms with Crippen LogP contribution in [0.15, 0.2) is 0 Å². The van der Waals surface area contributed by atoms with Crippen LogP contribution in [0.2, 0.25) is 0 Å². The van der Waals surface area contributed by atoms with Crippen molar-refractivity contribution in [1.29, 1.82) is 0 Å². The number of rotatable bonds is 6. The van der Waals surface area contributed by atoms with Crippen LogP contribution in [0.1, 0.15) is 53.4 Å². The summed E-state index contributed by atoms with van der Waals surface area (Å²) in [6.45, 7) is 7.14. The van der Waals surface area contributed by atoms with Gasteiger partial charge in [-0.1, -0.05) is 34.1 Å². The number of nitrogens with zero attached hydrogens (tertiary/aromatic N) is 1. The molecular weight excluding hydrogens is 353 g/mol. The van der Waals surface area contributed by atoms with Gasteiger partial charge in [0.25, 0.3) is 0 Å². The third-order valence-corrected chi connectivity index (χ3v) is 4.19. The maximum Gasteiger partial charge on any atom is 0.471 e. The number of alkyl halides is 3. The van der Waals surface area contributed by atoms with Crippen molar-refractivity contribution in [1.82, 2.24) is 10.2 Å². The summed E-state index contributed by atoms with van der Waals surface area (Å²) in [4.78, 5) is 36.8. The molecule has 1 aliphatic rings. The molecule has 2 atom stereocenters. The quantitative estimate of drug-likeness (QED) is 0.567. The number of carbonyl (C=O) groups excluding carboxylic acids is 3. The van der Waals surface area contributed by atoms with Crippen LogP contribution in [0.3, 0.4) is 0 Å². The minimum absolute atomic E-state index is 0.120. The molecule has 0 radical (unpaired) electrons. The topological polar surface area (TPSA) is 75.7 Å². The molecule has 0 spiro atoms. The zero-order valence-electron chi connectivity index (χ0n) is 15.6. The highest BCUT2D eigenvalue weighted by atomic mass is 19.4. The molecule has 0 aromatic carbocycles. The Balaban J connectivity index is 2.85. The van der Waals surface area contributed by atoms with Crippen molar-refractivity contribution < 1.29 is 32.3 Å². The highest BCUT2D eigenvalue weighted by molar-refractivity contribution is 5.92. The number of esters is 1. The van der Waals surface area contributed by atoms with Crippen molar-refractivity contribution in [2.75, 3.05) is 13.2 Å². The van der Waals surface area contributed by atoms with Crippen molar-refractivity contribution in [3.8, 4) is 0 Å². The van der Waals surface area contributed by atoms with Gasteiger partial charge >= 0.3 is 18.1 Å². The van der Waals surface area contributed by atoms with Gasteiger partial charge in [0.1, 0.15) is 12.1 Å². The molecule has 0 saturated carbocycles. The Morgan fingerprint density at radius 1 is 1.23 bits per heavy atom. The second-order valence-corrected chi connectivity index (χ2v) is 7.48. The molecule has 1 saturated heterocycles. The van der Waals surface area contributed by atoms with Crippen molar-refractivity contribution in [3.05, 3.63) is 0 Å². The molecule has 1 rings (SSSR count). The van der Waals surface area contributed by atoms with Crippen LogP contribution in [0.25, 0.3) is 0 Å². The van der Waals surface area contributed by atoms with Crippen LogP contribution in [-0.2, 0) is 19.1 Å². The maximum atomic E-state index is 12.7. The number of amides is 2. The smallest absolute Gasteiger partial charge is 0.464 e. The molecule has 1 heterocycles. The van der Waals surface area contributed by atoms with Crippen LogP contribution >= 0.6 is 0 Å². The van der Waals surface area contributed by atoms with E-state index in [-0.39, 0.29) is 19.6 Å². The normalized spacial score (nSPS) is 19.2. The lowest BCUT2D eigenvalue weighted by atomic mass is 9.86. The fourth-order valence-corrected chi connectivity index (χ4v) is 2.71. The summed E-state index contributed by atoms with van der Waals surface area (Å²) >= 11 is 0. The molecule has 0 aromatic heterocycles. The van der Waals surface area contributed by atoms with E-state index in [1.165, 1.54) is 0 Å². The van der Waals surface area contributed by atoms with Crippen molar-refractivity contribution >= 4 is 17.8 Å². The fourth-order valence-electron chi connectivity index (χ4n) is 2.71. The Morgan fingerprint density at radius 2 is 1.85 bits per heavy atom. The number of nitrogens with one attached hydrogen (secondary N) is 1. The first kappa shape index (κ1) is 22.2. The van der Waals surface area contributed by atoms with E-state index in [9.17, 15) is 27.6 Å². The van der Waals surface area contributed by atoms with Gasteiger partial charge < -0.3 is 15.0 Å². The molecule has 1 fully saturated rings. The summed E-state index contributed by atoms with van der Waals surface area (Å²) in [5, 5.41) is 2.49. The van der Waals surface area contributed by atoms with Crippen LogP contribution in [0.4, 0.5) is 13.2 Å². The molecule has 1 aliphatic heterocycles. The number of ether oxygens (including phenoxy) is 1. The van der Waals surface area contributed by atoms with Crippen molar-refractivity contribution in [3.63, 3.8) is 0 Å². The fraction of sp³-hybridized carbons (Fsp3) is 0.824. The van der Waals surface area contributed by atoms with Gasteiger partial charge in [-0.3, -0.25) is 9.59 Å². The molecule has 2 amide bonds. The third kappa shape index (κ3) is 5.88. The van der Waals surface area contributed by atoms with Gasteiger partial charge in [-0.05, 0) is 24.7 Å². The zero-order valence-corrected chi connectivity index (χ0v) is 15.6. The molecular formula is C17H27F3N2O4. The number of halogens is 3. The lowest BCUT2D eigenvalue weighted by molar-refractivity contribution is -0.186. The number of carbonyl (C=O) groups is 3. The first-order chi connectivity index (χ1) is 11.9. The second kappa shape index (κ2) is 8.73. The summed E-state index contributed by atoms with van der Waals surface area (Å²) in [7, 11) is 0. The Hall–Kier alpha value is -1.80. The SMILES string of the molecule is CCCCOC(=O)[C@@H](NC(=O)[C@@H]1CCCN1C(=O)C(F)(F)F)C(C)(C)C. The molecule has 0 aromatic rings. The molecule has 0 bridgehead atoms. The molecule has 0 unspecified atom stereocenters. The summed E-state index contributed by atoms with van der Waals surface area (Å²) in [6.07, 6.45) is -3.12. The molecule has 26 heavy (non-hydrogen) atoms. The molecule has 6 nitrogen and oxygen atoms in total. The molecule has 150 valence electrons. The van der Waals surface area contributed by atoms with Gasteiger partial charge in [0.15, 0.2) is 0 Å². The zero-order chi connectivity index (χ0) is 20.1. The number of hydrogen-bond acceptors (Lipinski definition) is 4. The lowest BCUT2D eigenvalue weighted by Gasteiger charge is -2.32. The predicted molar refractivity (Wildman–Crippen MR) is 88.0 cm³/mol. The highest BCUT2D eigenvalue weighted by Crippen LogP contribution is 2.27. The van der Waals surface area contributed by atoms with E-state index >= 15 is 0 Å². The largest absolute Gasteiger partial charge is 0.471 e. The second-order valence-electron chi connectivity index (χ2n) is 7.48. The van der Waals surface area contributed by atoms with Gasteiger partial charge in [-0.2, -0.15) is 13.2 Å². The Bertz CT molecular complexity index is 529. The Kier molecular flexibility index (Phi) is 7.46. The molecule has 1 N–H and O–H groups in total. The van der Waals surface area contributed by atoms with Gasteiger partial charge in [0.2, 0.25) is 5.91 Å². The highest BCUT2D eigenvalue weighted by Gasteiger charge is 2.48.